The van der Waals surface area contributed by atoms with Crippen molar-refractivity contribution in [2.24, 2.45) is 11.7 Å². The molecule has 0 saturated heterocycles. The van der Waals surface area contributed by atoms with Crippen LogP contribution in [0.5, 0.6) is 0 Å². The highest BCUT2D eigenvalue weighted by Gasteiger charge is 2.38. The Hall–Kier alpha value is -1.49. The van der Waals surface area contributed by atoms with Gasteiger partial charge in [0.05, 0.1) is 12.0 Å². The van der Waals surface area contributed by atoms with E-state index in [9.17, 15) is 13.6 Å². The molecule has 1 saturated carbocycles. The van der Waals surface area contributed by atoms with Crippen LogP contribution in [0.25, 0.3) is 0 Å². The summed E-state index contributed by atoms with van der Waals surface area (Å²) in [5.41, 5.74) is 6.03. The van der Waals surface area contributed by atoms with Crippen LogP contribution in [-0.2, 0) is 4.79 Å². The van der Waals surface area contributed by atoms with Gasteiger partial charge in [-0.15, -0.1) is 0 Å². The highest BCUT2D eigenvalue weighted by Crippen LogP contribution is 2.32. The summed E-state index contributed by atoms with van der Waals surface area (Å²) in [5.74, 6) is -1.66. The molecule has 22 heavy (non-hydrogen) atoms. The maximum Gasteiger partial charge on any atom is 0.225 e. The van der Waals surface area contributed by atoms with E-state index in [1.54, 1.807) is 0 Å². The molecule has 1 aromatic rings. The Kier molecular flexibility index (Phi) is 5.16. The number of halogens is 2. The van der Waals surface area contributed by atoms with Crippen molar-refractivity contribution in [3.05, 3.63) is 35.4 Å². The molecule has 1 aromatic carbocycles. The molecule has 1 aliphatic carbocycles. The predicted octanol–water partition coefficient (Wildman–Crippen LogP) is 3.44. The molecular formula is C17H24F2N2O. The van der Waals surface area contributed by atoms with Gasteiger partial charge in [-0.3, -0.25) is 4.79 Å². The fourth-order valence-corrected chi connectivity index (χ4v) is 3.25. The Labute approximate surface area is 130 Å². The number of carbonyl (C=O) groups is 1. The second kappa shape index (κ2) is 6.73. The predicted molar refractivity (Wildman–Crippen MR) is 82.1 cm³/mol. The molecule has 3 unspecified atom stereocenters. The Morgan fingerprint density at radius 1 is 1.45 bits per heavy atom. The fourth-order valence-electron chi connectivity index (χ4n) is 3.25. The van der Waals surface area contributed by atoms with E-state index < -0.39 is 23.2 Å². The fraction of sp³-hybridized carbons (Fsp3) is 0.588. The second-order valence-corrected chi connectivity index (χ2v) is 6.44. The van der Waals surface area contributed by atoms with E-state index in [0.29, 0.717) is 12.0 Å². The molecule has 3 nitrogen and oxygen atoms in total. The van der Waals surface area contributed by atoms with Crippen LogP contribution in [0, 0.1) is 17.6 Å². The van der Waals surface area contributed by atoms with E-state index in [2.05, 4.69) is 5.32 Å². The monoisotopic (exact) mass is 310 g/mol. The van der Waals surface area contributed by atoms with Crippen molar-refractivity contribution in [3.63, 3.8) is 0 Å². The van der Waals surface area contributed by atoms with Gasteiger partial charge in [-0.05, 0) is 32.3 Å². The summed E-state index contributed by atoms with van der Waals surface area (Å²) in [6.07, 6.45) is 4.10. The molecule has 0 heterocycles. The van der Waals surface area contributed by atoms with Gasteiger partial charge in [-0.25, -0.2) is 8.78 Å². The summed E-state index contributed by atoms with van der Waals surface area (Å²) in [7, 11) is 0. The Morgan fingerprint density at radius 2 is 2.18 bits per heavy atom. The minimum absolute atomic E-state index is 0.139. The van der Waals surface area contributed by atoms with Crippen LogP contribution in [0.4, 0.5) is 8.78 Å². The third kappa shape index (κ3) is 3.64. The molecule has 1 amide bonds. The molecule has 3 N–H and O–H groups in total. The molecule has 0 aliphatic heterocycles. The number of amides is 1. The lowest BCUT2D eigenvalue weighted by Gasteiger charge is -2.38. The van der Waals surface area contributed by atoms with Gasteiger partial charge in [0.1, 0.15) is 11.6 Å². The Morgan fingerprint density at radius 3 is 2.77 bits per heavy atom. The average molecular weight is 310 g/mol. The van der Waals surface area contributed by atoms with Gasteiger partial charge in [0.2, 0.25) is 5.91 Å². The van der Waals surface area contributed by atoms with Crippen LogP contribution in [0.2, 0.25) is 0 Å². The van der Waals surface area contributed by atoms with Gasteiger partial charge < -0.3 is 11.1 Å². The number of nitrogens with two attached hydrogens (primary N) is 1. The van der Waals surface area contributed by atoms with Crippen LogP contribution in [-0.4, -0.2) is 11.4 Å². The smallest absolute Gasteiger partial charge is 0.225 e. The molecule has 122 valence electrons. The maximum absolute atomic E-state index is 13.9. The van der Waals surface area contributed by atoms with Crippen molar-refractivity contribution in [2.75, 3.05) is 0 Å². The zero-order chi connectivity index (χ0) is 16.3. The number of nitrogens with one attached hydrogen (secondary N) is 1. The molecule has 0 spiro atoms. The van der Waals surface area contributed by atoms with Gasteiger partial charge in [0.25, 0.3) is 0 Å². The molecule has 2 rings (SSSR count). The van der Waals surface area contributed by atoms with Crippen molar-refractivity contribution < 1.29 is 13.6 Å². The normalized spacial score (nSPS) is 26.5. The summed E-state index contributed by atoms with van der Waals surface area (Å²) >= 11 is 0. The lowest BCUT2D eigenvalue weighted by Crippen LogP contribution is -2.53. The van der Waals surface area contributed by atoms with E-state index >= 15 is 0 Å². The molecule has 0 aromatic heterocycles. The van der Waals surface area contributed by atoms with Crippen molar-refractivity contribution in [1.29, 1.82) is 0 Å². The highest BCUT2D eigenvalue weighted by molar-refractivity contribution is 5.80. The van der Waals surface area contributed by atoms with Crippen molar-refractivity contribution in [2.45, 2.75) is 57.5 Å². The maximum atomic E-state index is 13.9. The van der Waals surface area contributed by atoms with Gasteiger partial charge in [-0.1, -0.05) is 25.8 Å². The quantitative estimate of drug-likeness (QED) is 0.895. The number of rotatable bonds is 4. The topological polar surface area (TPSA) is 55.1 Å². The first-order chi connectivity index (χ1) is 10.3. The third-order valence-electron chi connectivity index (χ3n) is 4.63. The molecular weight excluding hydrogens is 286 g/mol. The Bertz CT molecular complexity index is 545. The van der Waals surface area contributed by atoms with Gasteiger partial charge in [0.15, 0.2) is 0 Å². The van der Waals surface area contributed by atoms with Gasteiger partial charge in [0, 0.05) is 17.2 Å². The average Bonchev–Trinajstić information content (AvgIpc) is 2.44. The summed E-state index contributed by atoms with van der Waals surface area (Å²) in [4.78, 5) is 12.5. The molecule has 1 aliphatic rings. The first-order valence-electron chi connectivity index (χ1n) is 7.89. The number of hydrogen-bond acceptors (Lipinski definition) is 2. The highest BCUT2D eigenvalue weighted by atomic mass is 19.1. The second-order valence-electron chi connectivity index (χ2n) is 6.44. The minimum atomic E-state index is -0.633. The van der Waals surface area contributed by atoms with Crippen LogP contribution >= 0.6 is 0 Å². The number of carbonyl (C=O) groups excluding carboxylic acids is 1. The van der Waals surface area contributed by atoms with Crippen molar-refractivity contribution in [3.8, 4) is 0 Å². The zero-order valence-corrected chi connectivity index (χ0v) is 13.2. The summed E-state index contributed by atoms with van der Waals surface area (Å²) in [5, 5.41) is 2.89. The van der Waals surface area contributed by atoms with Crippen molar-refractivity contribution in [1.82, 2.24) is 5.32 Å². The van der Waals surface area contributed by atoms with Crippen LogP contribution in [0.3, 0.4) is 0 Å². The molecule has 0 bridgehead atoms. The molecule has 1 fully saturated rings. The summed E-state index contributed by atoms with van der Waals surface area (Å²) in [6, 6.07) is 2.98. The van der Waals surface area contributed by atoms with Crippen molar-refractivity contribution >= 4 is 5.91 Å². The zero-order valence-electron chi connectivity index (χ0n) is 13.2. The van der Waals surface area contributed by atoms with E-state index in [-0.39, 0.29) is 11.8 Å². The summed E-state index contributed by atoms with van der Waals surface area (Å²) in [6.45, 7) is 3.76. The van der Waals surface area contributed by atoms with Gasteiger partial charge in [-0.2, -0.15) is 0 Å². The van der Waals surface area contributed by atoms with E-state index in [4.69, 9.17) is 5.73 Å². The summed E-state index contributed by atoms with van der Waals surface area (Å²) < 4.78 is 26.9. The Balaban J connectivity index is 2.14. The van der Waals surface area contributed by atoms with Crippen LogP contribution in [0.15, 0.2) is 18.2 Å². The first-order valence-corrected chi connectivity index (χ1v) is 7.89. The first kappa shape index (κ1) is 16.9. The van der Waals surface area contributed by atoms with Crippen LogP contribution in [0.1, 0.15) is 57.6 Å². The van der Waals surface area contributed by atoms with E-state index in [0.717, 1.165) is 31.7 Å². The third-order valence-corrected chi connectivity index (χ3v) is 4.63. The lowest BCUT2D eigenvalue weighted by atomic mass is 9.74. The van der Waals surface area contributed by atoms with E-state index in [1.807, 2.05) is 13.8 Å². The minimum Gasteiger partial charge on any atom is -0.349 e. The number of benzene rings is 1. The van der Waals surface area contributed by atoms with E-state index in [1.165, 1.54) is 12.1 Å². The van der Waals surface area contributed by atoms with Crippen LogP contribution < -0.4 is 11.1 Å². The number of hydrogen-bond donors (Lipinski definition) is 2. The SMILES string of the molecule is CCC(NC(=O)C1CCCCC1(C)N)c1ccc(F)cc1F. The lowest BCUT2D eigenvalue weighted by molar-refractivity contribution is -0.129. The van der Waals surface area contributed by atoms with Gasteiger partial charge >= 0.3 is 0 Å². The standard InChI is InChI=1S/C17H24F2N2O/c1-3-15(12-8-7-11(18)10-14(12)19)21-16(22)13-6-4-5-9-17(13,2)20/h7-8,10,13,15H,3-6,9,20H2,1-2H3,(H,21,22). The molecule has 0 radical (unpaired) electrons. The molecule has 3 atom stereocenters. The molecule has 5 heteroatoms. The largest absolute Gasteiger partial charge is 0.349 e.